The summed E-state index contributed by atoms with van der Waals surface area (Å²) in [5, 5.41) is 12.4. The van der Waals surface area contributed by atoms with E-state index in [2.05, 4.69) is 11.6 Å². The Morgan fingerprint density at radius 1 is 1.31 bits per heavy atom. The number of unbranched alkanes of at least 4 members (excludes halogenated alkanes) is 1. The van der Waals surface area contributed by atoms with E-state index in [1.807, 2.05) is 11.8 Å². The summed E-state index contributed by atoms with van der Waals surface area (Å²) in [6.07, 6.45) is 8.40. The van der Waals surface area contributed by atoms with Crippen molar-refractivity contribution in [3.8, 4) is 0 Å². The van der Waals surface area contributed by atoms with Gasteiger partial charge in [-0.05, 0) is 57.1 Å². The van der Waals surface area contributed by atoms with Gasteiger partial charge in [-0.3, -0.25) is 4.79 Å². The Labute approximate surface area is 102 Å². The van der Waals surface area contributed by atoms with Gasteiger partial charge in [0.25, 0.3) is 0 Å². The summed E-state index contributed by atoms with van der Waals surface area (Å²) in [6.45, 7) is 1.09. The van der Waals surface area contributed by atoms with Crippen LogP contribution in [0.4, 0.5) is 0 Å². The lowest BCUT2D eigenvalue weighted by Crippen LogP contribution is -2.35. The first kappa shape index (κ1) is 13.8. The highest BCUT2D eigenvalue weighted by Gasteiger charge is 2.25. The molecular weight excluding hydrogens is 222 g/mol. The zero-order valence-electron chi connectivity index (χ0n) is 10.1. The molecule has 0 heterocycles. The van der Waals surface area contributed by atoms with Crippen LogP contribution in [0.15, 0.2) is 0 Å². The molecule has 0 amide bonds. The molecule has 1 fully saturated rings. The monoisotopic (exact) mass is 245 g/mol. The number of hydrogen-bond acceptors (Lipinski definition) is 3. The van der Waals surface area contributed by atoms with Gasteiger partial charge in [0, 0.05) is 6.04 Å². The first-order chi connectivity index (χ1) is 7.74. The Kier molecular flexibility index (Phi) is 6.88. The van der Waals surface area contributed by atoms with E-state index in [0.29, 0.717) is 6.04 Å². The highest BCUT2D eigenvalue weighted by Crippen LogP contribution is 2.24. The number of thioether (sulfide) groups is 1. The molecule has 2 N–H and O–H groups in total. The molecule has 1 aliphatic rings. The van der Waals surface area contributed by atoms with E-state index >= 15 is 0 Å². The van der Waals surface area contributed by atoms with Gasteiger partial charge in [0.05, 0.1) is 5.92 Å². The maximum absolute atomic E-state index is 10.8. The summed E-state index contributed by atoms with van der Waals surface area (Å²) in [5.41, 5.74) is 0. The van der Waals surface area contributed by atoms with Crippen LogP contribution in [0.25, 0.3) is 0 Å². The molecule has 94 valence electrons. The summed E-state index contributed by atoms with van der Waals surface area (Å²) < 4.78 is 0. The molecule has 1 rings (SSSR count). The van der Waals surface area contributed by atoms with Crippen LogP contribution in [0.2, 0.25) is 0 Å². The van der Waals surface area contributed by atoms with Gasteiger partial charge in [0.15, 0.2) is 0 Å². The third kappa shape index (κ3) is 5.21. The van der Waals surface area contributed by atoms with Crippen LogP contribution in [-0.4, -0.2) is 35.7 Å². The lowest BCUT2D eigenvalue weighted by Gasteiger charge is -2.26. The number of aliphatic carboxylic acids is 1. The van der Waals surface area contributed by atoms with Gasteiger partial charge in [-0.2, -0.15) is 11.8 Å². The predicted octanol–water partition coefficient (Wildman–Crippen LogP) is 2.36. The van der Waals surface area contributed by atoms with Crippen molar-refractivity contribution in [2.24, 2.45) is 5.92 Å². The van der Waals surface area contributed by atoms with Gasteiger partial charge in [0.2, 0.25) is 0 Å². The molecule has 0 aromatic heterocycles. The molecule has 16 heavy (non-hydrogen) atoms. The number of carboxylic acids is 1. The normalized spacial score (nSPS) is 25.6. The summed E-state index contributed by atoms with van der Waals surface area (Å²) in [4.78, 5) is 10.8. The minimum atomic E-state index is -0.613. The Hall–Kier alpha value is -0.220. The molecule has 0 atom stereocenters. The maximum Gasteiger partial charge on any atom is 0.306 e. The Bertz CT molecular complexity index is 203. The highest BCUT2D eigenvalue weighted by atomic mass is 32.2. The van der Waals surface area contributed by atoms with E-state index in [0.717, 1.165) is 32.2 Å². The van der Waals surface area contributed by atoms with E-state index in [4.69, 9.17) is 5.11 Å². The predicted molar refractivity (Wildman–Crippen MR) is 69.0 cm³/mol. The van der Waals surface area contributed by atoms with Crippen molar-refractivity contribution in [1.82, 2.24) is 5.32 Å². The van der Waals surface area contributed by atoms with E-state index < -0.39 is 5.97 Å². The molecule has 0 aromatic carbocycles. The second-order valence-electron chi connectivity index (χ2n) is 4.54. The fraction of sp³-hybridized carbons (Fsp3) is 0.917. The molecule has 4 heteroatoms. The lowest BCUT2D eigenvalue weighted by atomic mass is 9.86. The molecular formula is C12H23NO2S. The minimum absolute atomic E-state index is 0.0884. The minimum Gasteiger partial charge on any atom is -0.481 e. The van der Waals surface area contributed by atoms with Crippen LogP contribution in [0.1, 0.15) is 38.5 Å². The number of rotatable bonds is 7. The van der Waals surface area contributed by atoms with Crippen molar-refractivity contribution in [3.63, 3.8) is 0 Å². The third-order valence-electron chi connectivity index (χ3n) is 3.28. The number of nitrogens with one attached hydrogen (secondary N) is 1. The Morgan fingerprint density at radius 2 is 2.00 bits per heavy atom. The summed E-state index contributed by atoms with van der Waals surface area (Å²) in [7, 11) is 0. The van der Waals surface area contributed by atoms with Crippen molar-refractivity contribution >= 4 is 17.7 Å². The molecule has 1 saturated carbocycles. The second kappa shape index (κ2) is 7.96. The van der Waals surface area contributed by atoms with Crippen molar-refractivity contribution in [1.29, 1.82) is 0 Å². The molecule has 0 radical (unpaired) electrons. The third-order valence-corrected chi connectivity index (χ3v) is 3.98. The van der Waals surface area contributed by atoms with E-state index in [-0.39, 0.29) is 5.92 Å². The Balaban J connectivity index is 2.02. The smallest absolute Gasteiger partial charge is 0.306 e. The molecule has 0 aliphatic heterocycles. The SMILES string of the molecule is CSCCCCNC1CCC(C(=O)O)CC1. The maximum atomic E-state index is 10.8. The second-order valence-corrected chi connectivity index (χ2v) is 5.53. The van der Waals surface area contributed by atoms with Gasteiger partial charge in [-0.25, -0.2) is 0 Å². The zero-order valence-corrected chi connectivity index (χ0v) is 10.9. The van der Waals surface area contributed by atoms with Crippen molar-refractivity contribution in [2.45, 2.75) is 44.6 Å². The van der Waals surface area contributed by atoms with Gasteiger partial charge in [-0.1, -0.05) is 0 Å². The first-order valence-corrected chi connectivity index (χ1v) is 7.58. The number of hydrogen-bond donors (Lipinski definition) is 2. The molecule has 0 unspecified atom stereocenters. The van der Waals surface area contributed by atoms with Crippen LogP contribution in [0.5, 0.6) is 0 Å². The molecule has 0 saturated heterocycles. The van der Waals surface area contributed by atoms with Gasteiger partial charge in [-0.15, -0.1) is 0 Å². The van der Waals surface area contributed by atoms with Crippen molar-refractivity contribution in [2.75, 3.05) is 18.6 Å². The fourth-order valence-corrected chi connectivity index (χ4v) is 2.71. The van der Waals surface area contributed by atoms with Crippen molar-refractivity contribution in [3.05, 3.63) is 0 Å². The molecule has 1 aliphatic carbocycles. The van der Waals surface area contributed by atoms with Gasteiger partial charge < -0.3 is 10.4 Å². The van der Waals surface area contributed by atoms with Gasteiger partial charge >= 0.3 is 5.97 Å². The molecule has 0 spiro atoms. The largest absolute Gasteiger partial charge is 0.481 e. The zero-order chi connectivity index (χ0) is 11.8. The number of carbonyl (C=O) groups is 1. The average molecular weight is 245 g/mol. The van der Waals surface area contributed by atoms with E-state index in [1.165, 1.54) is 18.6 Å². The topological polar surface area (TPSA) is 49.3 Å². The van der Waals surface area contributed by atoms with Crippen molar-refractivity contribution < 1.29 is 9.90 Å². The van der Waals surface area contributed by atoms with Gasteiger partial charge in [0.1, 0.15) is 0 Å². The quantitative estimate of drug-likeness (QED) is 0.676. The van der Waals surface area contributed by atoms with Crippen LogP contribution in [0.3, 0.4) is 0 Å². The highest BCUT2D eigenvalue weighted by molar-refractivity contribution is 7.98. The van der Waals surface area contributed by atoms with E-state index in [9.17, 15) is 4.79 Å². The van der Waals surface area contributed by atoms with Crippen LogP contribution < -0.4 is 5.32 Å². The first-order valence-electron chi connectivity index (χ1n) is 6.19. The summed E-state index contributed by atoms with van der Waals surface area (Å²) >= 11 is 1.90. The standard InChI is InChI=1S/C12H23NO2S/c1-16-9-3-2-8-13-11-6-4-10(5-7-11)12(14)15/h10-11,13H,2-9H2,1H3,(H,14,15). The molecule has 0 bridgehead atoms. The van der Waals surface area contributed by atoms with Crippen LogP contribution in [-0.2, 0) is 4.79 Å². The van der Waals surface area contributed by atoms with E-state index in [1.54, 1.807) is 0 Å². The number of carboxylic acid groups (broad SMARTS) is 1. The van der Waals surface area contributed by atoms with Crippen LogP contribution in [0, 0.1) is 5.92 Å². The van der Waals surface area contributed by atoms with Crippen LogP contribution >= 0.6 is 11.8 Å². The lowest BCUT2D eigenvalue weighted by molar-refractivity contribution is -0.142. The summed E-state index contributed by atoms with van der Waals surface area (Å²) in [6, 6.07) is 0.560. The molecule has 0 aromatic rings. The summed E-state index contributed by atoms with van der Waals surface area (Å²) in [5.74, 6) is 0.543. The average Bonchev–Trinajstić information content (AvgIpc) is 2.29. The fourth-order valence-electron chi connectivity index (χ4n) is 2.22. The Morgan fingerprint density at radius 3 is 2.56 bits per heavy atom. The molecule has 3 nitrogen and oxygen atoms in total.